The van der Waals surface area contributed by atoms with Gasteiger partial charge in [-0.3, -0.25) is 4.79 Å². The Kier molecular flexibility index (Phi) is 5.29. The van der Waals surface area contributed by atoms with E-state index in [4.69, 9.17) is 4.98 Å². The number of imidazole rings is 1. The number of thiazole rings is 1. The van der Waals surface area contributed by atoms with Gasteiger partial charge in [-0.25, -0.2) is 15.0 Å². The van der Waals surface area contributed by atoms with Gasteiger partial charge in [-0.2, -0.15) is 0 Å². The van der Waals surface area contributed by atoms with Crippen LogP contribution < -0.4 is 5.32 Å². The van der Waals surface area contributed by atoms with Crippen molar-refractivity contribution < 1.29 is 4.79 Å². The van der Waals surface area contributed by atoms with Gasteiger partial charge in [-0.15, -0.1) is 0 Å². The molecule has 0 aliphatic carbocycles. The van der Waals surface area contributed by atoms with Crippen LogP contribution in [0.2, 0.25) is 0 Å². The van der Waals surface area contributed by atoms with Crippen LogP contribution in [0.5, 0.6) is 0 Å². The van der Waals surface area contributed by atoms with Crippen molar-refractivity contribution in [2.75, 3.05) is 27.2 Å². The molecule has 156 valence electrons. The minimum absolute atomic E-state index is 0.0176. The molecule has 8 heteroatoms. The molecule has 0 saturated heterocycles. The second kappa shape index (κ2) is 7.77. The molecule has 30 heavy (non-hydrogen) atoms. The normalized spacial score (nSPS) is 12.2. The Morgan fingerprint density at radius 1 is 1.27 bits per heavy atom. The molecule has 1 aromatic carbocycles. The van der Waals surface area contributed by atoms with E-state index in [9.17, 15) is 4.79 Å². The maximum absolute atomic E-state index is 12.8. The summed E-state index contributed by atoms with van der Waals surface area (Å²) in [5.41, 5.74) is 3.98. The Labute approximate surface area is 179 Å². The third-order valence-electron chi connectivity index (χ3n) is 5.35. The highest BCUT2D eigenvalue weighted by molar-refractivity contribution is 7.21. The summed E-state index contributed by atoms with van der Waals surface area (Å²) in [5, 5.41) is 3.93. The number of nitrogens with zero attached hydrogens (tertiary/aromatic N) is 5. The minimum atomic E-state index is -0.646. The molecule has 0 unspecified atom stereocenters. The number of fused-ring (bicyclic) bond motifs is 3. The van der Waals surface area contributed by atoms with Crippen molar-refractivity contribution in [2.45, 2.75) is 19.3 Å². The van der Waals surface area contributed by atoms with Crippen LogP contribution in [0.1, 0.15) is 19.4 Å². The molecule has 0 atom stereocenters. The van der Waals surface area contributed by atoms with E-state index in [-0.39, 0.29) is 5.91 Å². The Morgan fingerprint density at radius 3 is 2.83 bits per heavy atom. The van der Waals surface area contributed by atoms with Crippen molar-refractivity contribution in [1.29, 1.82) is 0 Å². The van der Waals surface area contributed by atoms with Crippen molar-refractivity contribution in [1.82, 2.24) is 29.7 Å². The number of carbonyl (C=O) groups excluding carboxylic acids is 1. The summed E-state index contributed by atoms with van der Waals surface area (Å²) in [6, 6.07) is 8.07. The van der Waals surface area contributed by atoms with E-state index in [1.165, 1.54) is 0 Å². The summed E-state index contributed by atoms with van der Waals surface area (Å²) in [6.07, 6.45) is 3.57. The average Bonchev–Trinajstić information content (AvgIpc) is 3.31. The Bertz CT molecular complexity index is 1220. The maximum Gasteiger partial charge on any atom is 0.230 e. The van der Waals surface area contributed by atoms with Gasteiger partial charge in [0.05, 0.1) is 23.5 Å². The van der Waals surface area contributed by atoms with Crippen molar-refractivity contribution in [3.8, 4) is 10.6 Å². The number of likely N-dealkylation sites (N-methyl/N-ethyl adjacent to an activating group) is 1. The van der Waals surface area contributed by atoms with Crippen molar-refractivity contribution in [3.63, 3.8) is 0 Å². The van der Waals surface area contributed by atoms with Gasteiger partial charge in [0.25, 0.3) is 0 Å². The summed E-state index contributed by atoms with van der Waals surface area (Å²) < 4.78 is 1.97. The highest BCUT2D eigenvalue weighted by Gasteiger charge is 2.30. The predicted molar refractivity (Wildman–Crippen MR) is 122 cm³/mol. The van der Waals surface area contributed by atoms with Crippen LogP contribution in [-0.4, -0.2) is 57.5 Å². The van der Waals surface area contributed by atoms with Crippen molar-refractivity contribution in [3.05, 3.63) is 42.4 Å². The molecule has 7 nitrogen and oxygen atoms in total. The van der Waals surface area contributed by atoms with Crippen LogP contribution >= 0.6 is 11.3 Å². The zero-order valence-corrected chi connectivity index (χ0v) is 18.7. The molecule has 0 fully saturated rings. The first-order valence-corrected chi connectivity index (χ1v) is 10.7. The fourth-order valence-electron chi connectivity index (χ4n) is 3.41. The summed E-state index contributed by atoms with van der Waals surface area (Å²) in [4.78, 5) is 29.5. The molecule has 3 aromatic heterocycles. The number of carbonyl (C=O) groups is 1. The van der Waals surface area contributed by atoms with Gasteiger partial charge in [0.2, 0.25) is 5.91 Å². The Hall–Kier alpha value is -2.84. The van der Waals surface area contributed by atoms with Gasteiger partial charge in [-0.1, -0.05) is 29.5 Å². The lowest BCUT2D eigenvalue weighted by molar-refractivity contribution is -0.125. The molecule has 0 aliphatic heterocycles. The predicted octanol–water partition coefficient (Wildman–Crippen LogP) is 3.20. The summed E-state index contributed by atoms with van der Waals surface area (Å²) >= 11 is 1.55. The van der Waals surface area contributed by atoms with E-state index in [0.29, 0.717) is 6.54 Å². The second-order valence-electron chi connectivity index (χ2n) is 8.29. The fourth-order valence-corrected chi connectivity index (χ4v) is 4.32. The number of benzene rings is 1. The van der Waals surface area contributed by atoms with E-state index in [2.05, 4.69) is 21.4 Å². The molecule has 1 N–H and O–H groups in total. The third-order valence-corrected chi connectivity index (χ3v) is 6.36. The number of aryl methyl sites for hydroxylation is 1. The van der Waals surface area contributed by atoms with Gasteiger partial charge in [-0.05, 0) is 39.6 Å². The topological polar surface area (TPSA) is 75.9 Å². The fraction of sp³-hybridized carbons (Fsp3) is 0.364. The number of aromatic nitrogens is 4. The lowest BCUT2D eigenvalue weighted by Gasteiger charge is -2.25. The highest BCUT2D eigenvalue weighted by Crippen LogP contribution is 2.34. The standard InChI is InChI=1S/C22H26N6OS/c1-22(2,21(29)23-9-10-27(3)4)15-8-6-7-14(11-15)19-26-17-18-16(25-13-28(18)5)12-24-20(17)30-19/h6-8,11-13H,9-10H2,1-5H3,(H,23,29). The van der Waals surface area contributed by atoms with E-state index in [1.54, 1.807) is 23.9 Å². The first-order chi connectivity index (χ1) is 14.3. The molecule has 4 aromatic rings. The van der Waals surface area contributed by atoms with Gasteiger partial charge < -0.3 is 14.8 Å². The van der Waals surface area contributed by atoms with Gasteiger partial charge >= 0.3 is 0 Å². The van der Waals surface area contributed by atoms with Crippen LogP contribution in [-0.2, 0) is 17.3 Å². The van der Waals surface area contributed by atoms with Crippen LogP contribution in [0.15, 0.2) is 36.8 Å². The van der Waals surface area contributed by atoms with Crippen LogP contribution in [0.3, 0.4) is 0 Å². The zero-order chi connectivity index (χ0) is 21.5. The third kappa shape index (κ3) is 3.68. The molecule has 1 amide bonds. The SMILES string of the molecule is CN(C)CCNC(=O)C(C)(C)c1cccc(-c2nc3c(ncc4ncn(C)c43)s2)c1. The number of nitrogens with one attached hydrogen (secondary N) is 1. The lowest BCUT2D eigenvalue weighted by atomic mass is 9.83. The number of rotatable bonds is 6. The quantitative estimate of drug-likeness (QED) is 0.516. The van der Waals surface area contributed by atoms with Crippen LogP contribution in [0.25, 0.3) is 32.0 Å². The van der Waals surface area contributed by atoms with Crippen molar-refractivity contribution >= 4 is 38.6 Å². The summed E-state index contributed by atoms with van der Waals surface area (Å²) in [7, 11) is 5.95. The molecule has 0 spiro atoms. The summed E-state index contributed by atoms with van der Waals surface area (Å²) in [6.45, 7) is 5.34. The number of hydrogen-bond donors (Lipinski definition) is 1. The van der Waals surface area contributed by atoms with E-state index >= 15 is 0 Å². The van der Waals surface area contributed by atoms with Gasteiger partial charge in [0.1, 0.15) is 20.9 Å². The summed E-state index contributed by atoms with van der Waals surface area (Å²) in [5.74, 6) is 0.0176. The first kappa shape index (κ1) is 20.4. The molecule has 0 saturated carbocycles. The molecule has 0 radical (unpaired) electrons. The van der Waals surface area contributed by atoms with Crippen molar-refractivity contribution in [2.24, 2.45) is 7.05 Å². The molecule has 0 aliphatic rings. The van der Waals surface area contributed by atoms with Crippen LogP contribution in [0, 0.1) is 0 Å². The zero-order valence-electron chi connectivity index (χ0n) is 17.9. The minimum Gasteiger partial charge on any atom is -0.354 e. The monoisotopic (exact) mass is 422 g/mol. The lowest BCUT2D eigenvalue weighted by Crippen LogP contribution is -2.42. The van der Waals surface area contributed by atoms with Crippen LogP contribution in [0.4, 0.5) is 0 Å². The van der Waals surface area contributed by atoms with E-state index in [1.807, 2.05) is 62.7 Å². The van der Waals surface area contributed by atoms with Gasteiger partial charge in [0.15, 0.2) is 0 Å². The maximum atomic E-state index is 12.8. The molecular formula is C22H26N6OS. The Morgan fingerprint density at radius 2 is 2.07 bits per heavy atom. The number of pyridine rings is 1. The largest absolute Gasteiger partial charge is 0.354 e. The average molecular weight is 423 g/mol. The molecule has 0 bridgehead atoms. The molecule has 4 rings (SSSR count). The number of hydrogen-bond acceptors (Lipinski definition) is 6. The molecule has 3 heterocycles. The smallest absolute Gasteiger partial charge is 0.230 e. The van der Waals surface area contributed by atoms with E-state index < -0.39 is 5.41 Å². The van der Waals surface area contributed by atoms with Gasteiger partial charge in [0, 0.05) is 25.7 Å². The second-order valence-corrected chi connectivity index (χ2v) is 9.26. The number of amides is 1. The molecular weight excluding hydrogens is 396 g/mol. The van der Waals surface area contributed by atoms with E-state index in [0.717, 1.165) is 44.1 Å². The highest BCUT2D eigenvalue weighted by atomic mass is 32.1. The first-order valence-electron chi connectivity index (χ1n) is 9.88. The Balaban J connectivity index is 1.67.